The Kier molecular flexibility index (Phi) is 4.28. The molecule has 1 aliphatic carbocycles. The van der Waals surface area contributed by atoms with Crippen molar-refractivity contribution in [2.45, 2.75) is 6.54 Å². The third kappa shape index (κ3) is 3.08. The molecule has 2 aromatic heterocycles. The van der Waals surface area contributed by atoms with E-state index in [2.05, 4.69) is 9.98 Å². The van der Waals surface area contributed by atoms with Gasteiger partial charge in [-0.05, 0) is 30.4 Å². The molecule has 0 saturated heterocycles. The second kappa shape index (κ2) is 6.78. The molecule has 1 aromatic carbocycles. The highest BCUT2D eigenvalue weighted by molar-refractivity contribution is 7.19. The fourth-order valence-electron chi connectivity index (χ4n) is 2.95. The lowest BCUT2D eigenvalue weighted by Gasteiger charge is -2.07. The summed E-state index contributed by atoms with van der Waals surface area (Å²) in [4.78, 5) is 30.8. The number of para-hydroxylation sites is 1. The highest BCUT2D eigenvalue weighted by Gasteiger charge is 2.23. The lowest BCUT2D eigenvalue weighted by atomic mass is 10.1. The third-order valence-electron chi connectivity index (χ3n) is 4.12. The number of aliphatic carboxylic acids is 1. The minimum Gasteiger partial charge on any atom is -0.548 e. The number of aromatic hydroxyl groups is 2. The van der Waals surface area contributed by atoms with Crippen LogP contribution in [0.5, 0.6) is 11.8 Å². The molecule has 0 spiro atoms. The lowest BCUT2D eigenvalue weighted by Crippen LogP contribution is -2.27. The molecule has 8 nitrogen and oxygen atoms in total. The van der Waals surface area contributed by atoms with Crippen LogP contribution in [0.2, 0.25) is 0 Å². The Balaban J connectivity index is 1.84. The number of hydrogen-bond acceptors (Lipinski definition) is 8. The average molecular weight is 394 g/mol. The number of aromatic nitrogens is 2. The van der Waals surface area contributed by atoms with Crippen LogP contribution < -0.4 is 5.11 Å². The van der Waals surface area contributed by atoms with Crippen LogP contribution in [0.4, 0.5) is 5.13 Å². The third-order valence-corrected chi connectivity index (χ3v) is 5.07. The summed E-state index contributed by atoms with van der Waals surface area (Å²) in [6.07, 6.45) is 5.80. The number of fused-ring (bicyclic) bond motifs is 1. The standard InChI is InChI=1S/C19H13N3O5S/c23-11-7-5-10(6-8-11)20-19-21-17(26)16(28-19)15-12-3-1-2-4-13(12)22(18(15)27)9-14(24)25/h1-8,26-27H,9H2,(H,24,25)/p-1. The Labute approximate surface area is 162 Å². The zero-order chi connectivity index (χ0) is 19.8. The maximum Gasteiger partial charge on any atom is 0.232 e. The van der Waals surface area contributed by atoms with E-state index in [1.807, 2.05) is 0 Å². The molecular formula is C19H12N3O5S-. The molecule has 0 radical (unpaired) electrons. The summed E-state index contributed by atoms with van der Waals surface area (Å²) in [7, 11) is 0. The zero-order valence-corrected chi connectivity index (χ0v) is 15.0. The Morgan fingerprint density at radius 3 is 2.61 bits per heavy atom. The Morgan fingerprint density at radius 2 is 1.89 bits per heavy atom. The van der Waals surface area contributed by atoms with E-state index in [-0.39, 0.29) is 33.1 Å². The zero-order valence-electron chi connectivity index (χ0n) is 14.2. The summed E-state index contributed by atoms with van der Waals surface area (Å²) in [5.41, 5.74) is 1.24. The van der Waals surface area contributed by atoms with Gasteiger partial charge in [0.05, 0.1) is 29.3 Å². The SMILES string of the molecule is O=C1C=CC(=Nc2nc(O)c(-c3c(O)n(CC(=O)[O-])c4ccccc34)s2)C=C1. The number of nitrogens with zero attached hydrogens (tertiary/aromatic N) is 3. The monoisotopic (exact) mass is 394 g/mol. The van der Waals surface area contributed by atoms with E-state index in [0.29, 0.717) is 16.6 Å². The molecule has 0 unspecified atom stereocenters. The highest BCUT2D eigenvalue weighted by atomic mass is 32.1. The fourth-order valence-corrected chi connectivity index (χ4v) is 3.85. The maximum absolute atomic E-state index is 11.2. The van der Waals surface area contributed by atoms with Gasteiger partial charge in [-0.15, -0.1) is 0 Å². The quantitative estimate of drug-likeness (QED) is 0.648. The molecular weight excluding hydrogens is 382 g/mol. The van der Waals surface area contributed by atoms with Crippen molar-refractivity contribution in [3.8, 4) is 22.2 Å². The molecule has 0 bridgehead atoms. The minimum atomic E-state index is -1.35. The second-order valence-corrected chi connectivity index (χ2v) is 6.91. The van der Waals surface area contributed by atoms with Crippen LogP contribution in [0.1, 0.15) is 0 Å². The van der Waals surface area contributed by atoms with Gasteiger partial charge < -0.3 is 24.7 Å². The largest absolute Gasteiger partial charge is 0.548 e. The molecule has 0 amide bonds. The van der Waals surface area contributed by atoms with Crippen LogP contribution in [0.15, 0.2) is 53.6 Å². The summed E-state index contributed by atoms with van der Waals surface area (Å²) in [6, 6.07) is 6.82. The van der Waals surface area contributed by atoms with Crippen LogP contribution in [0.3, 0.4) is 0 Å². The second-order valence-electron chi connectivity index (χ2n) is 5.93. The summed E-state index contributed by atoms with van der Waals surface area (Å²) in [5, 5.41) is 32.8. The smallest absolute Gasteiger partial charge is 0.232 e. The molecule has 140 valence electrons. The molecule has 0 fully saturated rings. The maximum atomic E-state index is 11.2. The first-order valence-corrected chi connectivity index (χ1v) is 8.94. The number of aliphatic imine (C=N–C) groups is 1. The van der Waals surface area contributed by atoms with Gasteiger partial charge in [0.25, 0.3) is 0 Å². The highest BCUT2D eigenvalue weighted by Crippen LogP contribution is 2.47. The Morgan fingerprint density at radius 1 is 1.18 bits per heavy atom. The average Bonchev–Trinajstić information content (AvgIpc) is 3.14. The molecule has 0 aliphatic heterocycles. The molecule has 28 heavy (non-hydrogen) atoms. The van der Waals surface area contributed by atoms with Crippen molar-refractivity contribution in [3.63, 3.8) is 0 Å². The number of allylic oxidation sites excluding steroid dienone is 4. The number of thiazole rings is 1. The van der Waals surface area contributed by atoms with Crippen molar-refractivity contribution < 1.29 is 24.9 Å². The van der Waals surface area contributed by atoms with Gasteiger partial charge in [0.2, 0.25) is 16.9 Å². The van der Waals surface area contributed by atoms with Gasteiger partial charge in [-0.3, -0.25) is 4.79 Å². The van der Waals surface area contributed by atoms with Crippen molar-refractivity contribution in [2.24, 2.45) is 4.99 Å². The number of carbonyl (C=O) groups excluding carboxylic acids is 2. The molecule has 2 N–H and O–H groups in total. The van der Waals surface area contributed by atoms with E-state index in [0.717, 1.165) is 11.3 Å². The van der Waals surface area contributed by atoms with Crippen molar-refractivity contribution in [1.82, 2.24) is 9.55 Å². The first-order chi connectivity index (χ1) is 13.4. The molecule has 0 atom stereocenters. The minimum absolute atomic E-state index is 0.146. The molecule has 4 rings (SSSR count). The lowest BCUT2D eigenvalue weighted by molar-refractivity contribution is -0.306. The Bertz CT molecular complexity index is 1200. The van der Waals surface area contributed by atoms with Gasteiger partial charge in [-0.2, -0.15) is 4.98 Å². The number of carboxylic acids is 1. The van der Waals surface area contributed by atoms with Gasteiger partial charge in [0.15, 0.2) is 5.78 Å². The topological polar surface area (TPSA) is 128 Å². The fraction of sp³-hybridized carbons (Fsp3) is 0.0526. The number of benzene rings is 1. The van der Waals surface area contributed by atoms with Crippen molar-refractivity contribution in [3.05, 3.63) is 48.6 Å². The van der Waals surface area contributed by atoms with E-state index < -0.39 is 12.5 Å². The molecule has 2 heterocycles. The number of ketones is 1. The number of rotatable bonds is 4. The molecule has 9 heteroatoms. The number of hydrogen-bond donors (Lipinski definition) is 2. The molecule has 3 aromatic rings. The van der Waals surface area contributed by atoms with Crippen LogP contribution >= 0.6 is 11.3 Å². The van der Waals surface area contributed by atoms with Gasteiger partial charge in [0, 0.05) is 5.39 Å². The van der Waals surface area contributed by atoms with Crippen molar-refractivity contribution in [2.75, 3.05) is 0 Å². The summed E-state index contributed by atoms with van der Waals surface area (Å²) in [6.45, 7) is -0.537. The van der Waals surface area contributed by atoms with Crippen LogP contribution in [0.25, 0.3) is 21.3 Å². The van der Waals surface area contributed by atoms with Crippen molar-refractivity contribution in [1.29, 1.82) is 0 Å². The number of carboxylic acid groups (broad SMARTS) is 1. The summed E-state index contributed by atoms with van der Waals surface area (Å²) in [5.74, 6) is -2.15. The van der Waals surface area contributed by atoms with Gasteiger partial charge in [0.1, 0.15) is 4.88 Å². The molecule has 1 aliphatic rings. The molecule has 0 saturated carbocycles. The normalized spacial score (nSPS) is 13.4. The van der Waals surface area contributed by atoms with Gasteiger partial charge in [-0.25, -0.2) is 4.99 Å². The first kappa shape index (κ1) is 17.7. The summed E-state index contributed by atoms with van der Waals surface area (Å²) < 4.78 is 1.20. The van der Waals surface area contributed by atoms with Gasteiger partial charge >= 0.3 is 0 Å². The van der Waals surface area contributed by atoms with E-state index in [1.54, 1.807) is 24.3 Å². The first-order valence-electron chi connectivity index (χ1n) is 8.13. The van der Waals surface area contributed by atoms with E-state index >= 15 is 0 Å². The van der Waals surface area contributed by atoms with Crippen LogP contribution in [-0.2, 0) is 16.1 Å². The van der Waals surface area contributed by atoms with Crippen LogP contribution in [0, 0.1) is 0 Å². The number of carbonyl (C=O) groups is 2. The predicted molar refractivity (Wildman–Crippen MR) is 102 cm³/mol. The Hall–Kier alpha value is -3.72. The van der Waals surface area contributed by atoms with E-state index in [4.69, 9.17) is 0 Å². The summed E-state index contributed by atoms with van der Waals surface area (Å²) >= 11 is 1.03. The van der Waals surface area contributed by atoms with E-state index in [9.17, 15) is 24.9 Å². The van der Waals surface area contributed by atoms with E-state index in [1.165, 1.54) is 28.9 Å². The predicted octanol–water partition coefficient (Wildman–Crippen LogP) is 1.69. The van der Waals surface area contributed by atoms with Crippen LogP contribution in [-0.4, -0.2) is 37.2 Å². The van der Waals surface area contributed by atoms with Crippen molar-refractivity contribution >= 4 is 44.8 Å². The van der Waals surface area contributed by atoms with Gasteiger partial charge in [-0.1, -0.05) is 29.5 Å².